The molecule has 20 heavy (non-hydrogen) atoms. The van der Waals surface area contributed by atoms with Crippen molar-refractivity contribution in [3.05, 3.63) is 28.8 Å². The van der Waals surface area contributed by atoms with Crippen molar-refractivity contribution >= 4 is 11.6 Å². The normalized spacial score (nSPS) is 22.9. The van der Waals surface area contributed by atoms with Crippen molar-refractivity contribution in [2.24, 2.45) is 0 Å². The molecule has 1 aromatic carbocycles. The van der Waals surface area contributed by atoms with Crippen LogP contribution in [0.1, 0.15) is 25.3 Å². The highest BCUT2D eigenvalue weighted by Crippen LogP contribution is 2.31. The van der Waals surface area contributed by atoms with Crippen molar-refractivity contribution in [2.75, 3.05) is 26.2 Å². The first-order valence-corrected chi connectivity index (χ1v) is 8.04. The van der Waals surface area contributed by atoms with Gasteiger partial charge in [-0.05, 0) is 56.2 Å². The fourth-order valence-electron chi connectivity index (χ4n) is 3.36. The average molecular weight is 295 g/mol. The van der Waals surface area contributed by atoms with Crippen molar-refractivity contribution in [3.8, 4) is 5.75 Å². The highest BCUT2D eigenvalue weighted by Gasteiger charge is 2.28. The van der Waals surface area contributed by atoms with Gasteiger partial charge in [0.15, 0.2) is 0 Å². The summed E-state index contributed by atoms with van der Waals surface area (Å²) in [5, 5.41) is 4.24. The third-order valence-corrected chi connectivity index (χ3v) is 4.67. The summed E-state index contributed by atoms with van der Waals surface area (Å²) in [7, 11) is 0. The van der Waals surface area contributed by atoms with Crippen molar-refractivity contribution in [1.29, 1.82) is 0 Å². The minimum absolute atomic E-state index is 0.276. The van der Waals surface area contributed by atoms with Crippen molar-refractivity contribution < 1.29 is 4.74 Å². The van der Waals surface area contributed by atoms with E-state index in [1.165, 1.54) is 18.4 Å². The largest absolute Gasteiger partial charge is 0.488 e. The van der Waals surface area contributed by atoms with Gasteiger partial charge in [0.2, 0.25) is 0 Å². The van der Waals surface area contributed by atoms with Crippen LogP contribution in [-0.4, -0.2) is 43.2 Å². The zero-order valence-corrected chi connectivity index (χ0v) is 12.8. The fourth-order valence-corrected chi connectivity index (χ4v) is 3.56. The van der Waals surface area contributed by atoms with Gasteiger partial charge < -0.3 is 10.1 Å². The van der Waals surface area contributed by atoms with Crippen LogP contribution in [0, 0.1) is 0 Å². The topological polar surface area (TPSA) is 24.5 Å². The molecule has 1 saturated heterocycles. The van der Waals surface area contributed by atoms with Gasteiger partial charge in [-0.15, -0.1) is 0 Å². The van der Waals surface area contributed by atoms with Gasteiger partial charge in [-0.2, -0.15) is 0 Å². The fraction of sp³-hybridized carbons (Fsp3) is 0.625. The van der Waals surface area contributed by atoms with Crippen molar-refractivity contribution in [3.63, 3.8) is 0 Å². The van der Waals surface area contributed by atoms with Gasteiger partial charge in [0, 0.05) is 24.0 Å². The molecule has 4 heteroatoms. The van der Waals surface area contributed by atoms with E-state index in [1.54, 1.807) is 0 Å². The number of hydrogen-bond acceptors (Lipinski definition) is 3. The molecule has 0 spiro atoms. The second-order valence-electron chi connectivity index (χ2n) is 5.76. The van der Waals surface area contributed by atoms with Crippen LogP contribution in [0.2, 0.25) is 5.02 Å². The van der Waals surface area contributed by atoms with Crippen LogP contribution in [-0.2, 0) is 6.42 Å². The maximum Gasteiger partial charge on any atom is 0.123 e. The number of nitrogens with one attached hydrogen (secondary N) is 1. The molecule has 2 aliphatic rings. The molecule has 0 bridgehead atoms. The molecule has 0 radical (unpaired) electrons. The molecule has 1 N–H and O–H groups in total. The Morgan fingerprint density at radius 3 is 2.90 bits per heavy atom. The lowest BCUT2D eigenvalue weighted by molar-refractivity contribution is 0.105. The number of benzene rings is 1. The van der Waals surface area contributed by atoms with Crippen molar-refractivity contribution in [1.82, 2.24) is 10.2 Å². The summed E-state index contributed by atoms with van der Waals surface area (Å²) >= 11 is 6.05. The minimum atomic E-state index is 0.276. The second-order valence-corrected chi connectivity index (χ2v) is 6.20. The summed E-state index contributed by atoms with van der Waals surface area (Å²) in [6, 6.07) is 6.65. The second kappa shape index (κ2) is 6.33. The number of ether oxygens (including phenoxy) is 1. The van der Waals surface area contributed by atoms with Crippen LogP contribution in [0.15, 0.2) is 18.2 Å². The molecule has 1 atom stereocenters. The Bertz CT molecular complexity index is 460. The molecular weight excluding hydrogens is 272 g/mol. The van der Waals surface area contributed by atoms with E-state index in [4.69, 9.17) is 16.3 Å². The SMILES string of the molecule is CCN(CC1Cc2cc(Cl)ccc2O1)C1CCNCC1. The summed E-state index contributed by atoms with van der Waals surface area (Å²) < 4.78 is 6.07. The van der Waals surface area contributed by atoms with E-state index in [1.807, 2.05) is 18.2 Å². The Morgan fingerprint density at radius 2 is 2.15 bits per heavy atom. The summed E-state index contributed by atoms with van der Waals surface area (Å²) in [5.41, 5.74) is 1.25. The predicted octanol–water partition coefficient (Wildman–Crippen LogP) is 2.72. The molecule has 3 rings (SSSR count). The number of halogens is 1. The van der Waals surface area contributed by atoms with Gasteiger partial charge >= 0.3 is 0 Å². The van der Waals surface area contributed by atoms with E-state index in [0.717, 1.165) is 43.4 Å². The first kappa shape index (κ1) is 14.2. The Balaban J connectivity index is 1.60. The lowest BCUT2D eigenvalue weighted by Crippen LogP contribution is -2.46. The summed E-state index contributed by atoms with van der Waals surface area (Å²) in [6.45, 7) is 6.65. The summed E-state index contributed by atoms with van der Waals surface area (Å²) in [4.78, 5) is 2.58. The van der Waals surface area contributed by atoms with Gasteiger partial charge in [-0.3, -0.25) is 4.90 Å². The first-order valence-electron chi connectivity index (χ1n) is 7.66. The monoisotopic (exact) mass is 294 g/mol. The Labute approximate surface area is 126 Å². The van der Waals surface area contributed by atoms with E-state index >= 15 is 0 Å². The molecular formula is C16H23ClN2O. The minimum Gasteiger partial charge on any atom is -0.488 e. The third-order valence-electron chi connectivity index (χ3n) is 4.43. The van der Waals surface area contributed by atoms with Crippen LogP contribution in [0.4, 0.5) is 0 Å². The van der Waals surface area contributed by atoms with E-state index in [-0.39, 0.29) is 6.10 Å². The molecule has 0 saturated carbocycles. The van der Waals surface area contributed by atoms with E-state index < -0.39 is 0 Å². The molecule has 2 aliphatic heterocycles. The maximum absolute atomic E-state index is 6.07. The average Bonchev–Trinajstić information content (AvgIpc) is 2.87. The molecule has 110 valence electrons. The van der Waals surface area contributed by atoms with E-state index in [0.29, 0.717) is 6.04 Å². The Morgan fingerprint density at radius 1 is 1.35 bits per heavy atom. The molecule has 0 amide bonds. The van der Waals surface area contributed by atoms with Crippen molar-refractivity contribution in [2.45, 2.75) is 38.3 Å². The van der Waals surface area contributed by atoms with Crippen LogP contribution >= 0.6 is 11.6 Å². The summed E-state index contributed by atoms with van der Waals surface area (Å²) in [6.07, 6.45) is 3.76. The first-order chi connectivity index (χ1) is 9.76. The predicted molar refractivity (Wildman–Crippen MR) is 82.7 cm³/mol. The van der Waals surface area contributed by atoms with Gasteiger partial charge in [0.05, 0.1) is 0 Å². The molecule has 2 heterocycles. The number of fused-ring (bicyclic) bond motifs is 1. The van der Waals surface area contributed by atoms with Gasteiger partial charge in [0.25, 0.3) is 0 Å². The number of piperidine rings is 1. The molecule has 3 nitrogen and oxygen atoms in total. The number of hydrogen-bond donors (Lipinski definition) is 1. The highest BCUT2D eigenvalue weighted by atomic mass is 35.5. The standard InChI is InChI=1S/C16H23ClN2O/c1-2-19(14-5-7-18-8-6-14)11-15-10-12-9-13(17)3-4-16(12)20-15/h3-4,9,14-15,18H,2,5-8,10-11H2,1H3. The maximum atomic E-state index is 6.07. The molecule has 1 fully saturated rings. The quantitative estimate of drug-likeness (QED) is 0.924. The Hall–Kier alpha value is -0.770. The van der Waals surface area contributed by atoms with E-state index in [9.17, 15) is 0 Å². The molecule has 1 unspecified atom stereocenters. The van der Waals surface area contributed by atoms with E-state index in [2.05, 4.69) is 17.1 Å². The van der Waals surface area contributed by atoms with Gasteiger partial charge in [-0.1, -0.05) is 18.5 Å². The lowest BCUT2D eigenvalue weighted by Gasteiger charge is -2.35. The number of likely N-dealkylation sites (N-methyl/N-ethyl adjacent to an activating group) is 1. The van der Waals surface area contributed by atoms with Gasteiger partial charge in [-0.25, -0.2) is 0 Å². The summed E-state index contributed by atoms with van der Waals surface area (Å²) in [5.74, 6) is 1.01. The van der Waals surface area contributed by atoms with Crippen LogP contribution < -0.4 is 10.1 Å². The number of rotatable bonds is 4. The zero-order chi connectivity index (χ0) is 13.9. The zero-order valence-electron chi connectivity index (χ0n) is 12.1. The molecule has 0 aromatic heterocycles. The third kappa shape index (κ3) is 3.11. The highest BCUT2D eigenvalue weighted by molar-refractivity contribution is 6.30. The van der Waals surface area contributed by atoms with Crippen LogP contribution in [0.3, 0.4) is 0 Å². The van der Waals surface area contributed by atoms with Crippen LogP contribution in [0.25, 0.3) is 0 Å². The Kier molecular flexibility index (Phi) is 4.49. The van der Waals surface area contributed by atoms with Crippen LogP contribution in [0.5, 0.6) is 5.75 Å². The smallest absolute Gasteiger partial charge is 0.123 e. The van der Waals surface area contributed by atoms with Gasteiger partial charge in [0.1, 0.15) is 11.9 Å². The number of nitrogens with zero attached hydrogens (tertiary/aromatic N) is 1. The molecule has 1 aromatic rings. The lowest BCUT2D eigenvalue weighted by atomic mass is 10.0. The molecule has 0 aliphatic carbocycles.